The van der Waals surface area contributed by atoms with E-state index in [1.807, 2.05) is 18.5 Å². The predicted octanol–water partition coefficient (Wildman–Crippen LogP) is 1.75. The molecule has 1 aromatic carbocycles. The van der Waals surface area contributed by atoms with E-state index in [4.69, 9.17) is 5.26 Å². The molecule has 0 aliphatic carbocycles. The van der Waals surface area contributed by atoms with Gasteiger partial charge in [0.25, 0.3) is 5.91 Å². The number of aryl methyl sites for hydroxylation is 1. The first-order valence-corrected chi connectivity index (χ1v) is 7.04. The van der Waals surface area contributed by atoms with Gasteiger partial charge in [-0.2, -0.15) is 5.26 Å². The van der Waals surface area contributed by atoms with Crippen molar-refractivity contribution in [1.82, 2.24) is 14.9 Å². The van der Waals surface area contributed by atoms with Gasteiger partial charge in [0, 0.05) is 37.5 Å². The lowest BCUT2D eigenvalue weighted by Crippen LogP contribution is -2.33. The topological polar surface area (TPSA) is 70.7 Å². The predicted molar refractivity (Wildman–Crippen MR) is 77.5 cm³/mol. The molecule has 1 aromatic heterocycles. The molecule has 1 aliphatic rings. The maximum absolute atomic E-state index is 12.1. The SMILES string of the molecule is N#Cc1ccc(C(=O)NCC2CCn3ccnc3C2)cc1. The molecule has 0 saturated heterocycles. The molecule has 0 saturated carbocycles. The van der Waals surface area contributed by atoms with E-state index in [-0.39, 0.29) is 5.91 Å². The highest BCUT2D eigenvalue weighted by Crippen LogP contribution is 2.18. The van der Waals surface area contributed by atoms with Gasteiger partial charge in [0.2, 0.25) is 0 Å². The van der Waals surface area contributed by atoms with Crippen molar-refractivity contribution in [2.45, 2.75) is 19.4 Å². The van der Waals surface area contributed by atoms with Gasteiger partial charge in [0.05, 0.1) is 11.6 Å². The molecular formula is C16H16N4O. The molecular weight excluding hydrogens is 264 g/mol. The Morgan fingerprint density at radius 2 is 2.24 bits per heavy atom. The molecule has 1 unspecified atom stereocenters. The number of aromatic nitrogens is 2. The first kappa shape index (κ1) is 13.4. The highest BCUT2D eigenvalue weighted by molar-refractivity contribution is 5.94. The Labute approximate surface area is 123 Å². The van der Waals surface area contributed by atoms with Crippen LogP contribution in [0.1, 0.15) is 28.2 Å². The third-order valence-electron chi connectivity index (χ3n) is 3.88. The molecule has 106 valence electrons. The minimum atomic E-state index is -0.0894. The average Bonchev–Trinajstić information content (AvgIpc) is 3.00. The molecule has 1 aliphatic heterocycles. The van der Waals surface area contributed by atoms with Crippen molar-refractivity contribution < 1.29 is 4.79 Å². The molecule has 3 rings (SSSR count). The summed E-state index contributed by atoms with van der Waals surface area (Å²) >= 11 is 0. The summed E-state index contributed by atoms with van der Waals surface area (Å²) in [6.45, 7) is 1.62. The van der Waals surface area contributed by atoms with Crippen molar-refractivity contribution in [3.63, 3.8) is 0 Å². The van der Waals surface area contributed by atoms with Crippen LogP contribution >= 0.6 is 0 Å². The molecule has 0 radical (unpaired) electrons. The first-order valence-electron chi connectivity index (χ1n) is 7.04. The van der Waals surface area contributed by atoms with Gasteiger partial charge in [-0.05, 0) is 36.6 Å². The molecule has 0 spiro atoms. The Morgan fingerprint density at radius 3 is 3.00 bits per heavy atom. The zero-order valence-electron chi connectivity index (χ0n) is 11.6. The number of carbonyl (C=O) groups excluding carboxylic acids is 1. The van der Waals surface area contributed by atoms with Crippen LogP contribution in [0.4, 0.5) is 0 Å². The number of hydrogen-bond donors (Lipinski definition) is 1. The number of nitrogens with one attached hydrogen (secondary N) is 1. The number of benzene rings is 1. The highest BCUT2D eigenvalue weighted by atomic mass is 16.1. The average molecular weight is 280 g/mol. The quantitative estimate of drug-likeness (QED) is 0.931. The fourth-order valence-electron chi connectivity index (χ4n) is 2.62. The lowest BCUT2D eigenvalue weighted by Gasteiger charge is -2.23. The van der Waals surface area contributed by atoms with Crippen molar-refractivity contribution >= 4 is 5.91 Å². The van der Waals surface area contributed by atoms with Crippen molar-refractivity contribution in [2.75, 3.05) is 6.54 Å². The summed E-state index contributed by atoms with van der Waals surface area (Å²) in [5.74, 6) is 1.44. The molecule has 2 aromatic rings. The summed E-state index contributed by atoms with van der Waals surface area (Å²) in [6, 6.07) is 8.72. The van der Waals surface area contributed by atoms with Gasteiger partial charge >= 0.3 is 0 Å². The van der Waals surface area contributed by atoms with E-state index in [2.05, 4.69) is 14.9 Å². The van der Waals surface area contributed by atoms with Crippen LogP contribution in [0.15, 0.2) is 36.7 Å². The number of carbonyl (C=O) groups is 1. The van der Waals surface area contributed by atoms with E-state index in [1.54, 1.807) is 24.3 Å². The van der Waals surface area contributed by atoms with Gasteiger partial charge in [0.15, 0.2) is 0 Å². The van der Waals surface area contributed by atoms with Crippen molar-refractivity contribution in [1.29, 1.82) is 5.26 Å². The number of nitrogens with zero attached hydrogens (tertiary/aromatic N) is 3. The van der Waals surface area contributed by atoms with Gasteiger partial charge < -0.3 is 9.88 Å². The number of rotatable bonds is 3. The summed E-state index contributed by atoms with van der Waals surface area (Å²) in [7, 11) is 0. The minimum absolute atomic E-state index is 0.0894. The van der Waals surface area contributed by atoms with Gasteiger partial charge in [-0.1, -0.05) is 0 Å². The Morgan fingerprint density at radius 1 is 1.43 bits per heavy atom. The fourth-order valence-corrected chi connectivity index (χ4v) is 2.62. The second-order valence-corrected chi connectivity index (χ2v) is 5.29. The number of fused-ring (bicyclic) bond motifs is 1. The third kappa shape index (κ3) is 2.95. The van der Waals surface area contributed by atoms with E-state index in [9.17, 15) is 4.79 Å². The van der Waals surface area contributed by atoms with Crippen LogP contribution in [0, 0.1) is 17.2 Å². The summed E-state index contributed by atoms with van der Waals surface area (Å²) in [5.41, 5.74) is 1.15. The number of amides is 1. The van der Waals surface area contributed by atoms with Crippen molar-refractivity contribution in [3.8, 4) is 6.07 Å². The molecule has 0 fully saturated rings. The Bertz CT molecular complexity index is 681. The van der Waals surface area contributed by atoms with Crippen LogP contribution in [0.2, 0.25) is 0 Å². The second kappa shape index (κ2) is 5.80. The monoisotopic (exact) mass is 280 g/mol. The second-order valence-electron chi connectivity index (χ2n) is 5.29. The lowest BCUT2D eigenvalue weighted by molar-refractivity contribution is 0.0944. The molecule has 1 atom stereocenters. The van der Waals surface area contributed by atoms with E-state index < -0.39 is 0 Å². The van der Waals surface area contributed by atoms with Crippen LogP contribution in [-0.2, 0) is 13.0 Å². The van der Waals surface area contributed by atoms with Crippen molar-refractivity contribution in [3.05, 3.63) is 53.6 Å². The Kier molecular flexibility index (Phi) is 3.69. The van der Waals surface area contributed by atoms with Crippen LogP contribution in [0.25, 0.3) is 0 Å². The van der Waals surface area contributed by atoms with Crippen LogP contribution < -0.4 is 5.32 Å². The van der Waals surface area contributed by atoms with E-state index in [0.29, 0.717) is 23.6 Å². The maximum atomic E-state index is 12.1. The van der Waals surface area contributed by atoms with Crippen LogP contribution in [0.5, 0.6) is 0 Å². The maximum Gasteiger partial charge on any atom is 0.251 e. The molecule has 5 heteroatoms. The smallest absolute Gasteiger partial charge is 0.251 e. The van der Waals surface area contributed by atoms with Crippen molar-refractivity contribution in [2.24, 2.45) is 5.92 Å². The minimum Gasteiger partial charge on any atom is -0.352 e. The van der Waals surface area contributed by atoms with Gasteiger partial charge in [-0.25, -0.2) is 4.98 Å². The molecule has 21 heavy (non-hydrogen) atoms. The van der Waals surface area contributed by atoms with Gasteiger partial charge in [-0.15, -0.1) is 0 Å². The highest BCUT2D eigenvalue weighted by Gasteiger charge is 2.19. The first-order chi connectivity index (χ1) is 10.3. The normalized spacial score (nSPS) is 16.8. The molecule has 1 amide bonds. The standard InChI is InChI=1S/C16H16N4O/c17-10-12-1-3-14(4-2-12)16(21)19-11-13-5-7-20-8-6-18-15(20)9-13/h1-4,6,8,13H,5,7,9,11H2,(H,19,21). The zero-order valence-corrected chi connectivity index (χ0v) is 11.6. The lowest BCUT2D eigenvalue weighted by atomic mass is 9.97. The molecule has 5 nitrogen and oxygen atoms in total. The summed E-state index contributed by atoms with van der Waals surface area (Å²) < 4.78 is 2.17. The Balaban J connectivity index is 1.55. The van der Waals surface area contributed by atoms with Gasteiger partial charge in [0.1, 0.15) is 5.82 Å². The summed E-state index contributed by atoms with van der Waals surface area (Å²) in [5, 5.41) is 11.7. The number of nitriles is 1. The van der Waals surface area contributed by atoms with E-state index in [1.165, 1.54) is 0 Å². The zero-order chi connectivity index (χ0) is 14.7. The fraction of sp³-hybridized carbons (Fsp3) is 0.312. The molecule has 2 heterocycles. The number of imidazole rings is 1. The molecule has 0 bridgehead atoms. The third-order valence-corrected chi connectivity index (χ3v) is 3.88. The largest absolute Gasteiger partial charge is 0.352 e. The van der Waals surface area contributed by atoms with Crippen LogP contribution in [-0.4, -0.2) is 22.0 Å². The van der Waals surface area contributed by atoms with Gasteiger partial charge in [-0.3, -0.25) is 4.79 Å². The van der Waals surface area contributed by atoms with E-state index in [0.717, 1.165) is 25.2 Å². The summed E-state index contributed by atoms with van der Waals surface area (Å²) in [4.78, 5) is 16.4. The number of hydrogen-bond acceptors (Lipinski definition) is 3. The van der Waals surface area contributed by atoms with Crippen LogP contribution in [0.3, 0.4) is 0 Å². The Hall–Kier alpha value is -2.61. The molecule has 1 N–H and O–H groups in total. The van der Waals surface area contributed by atoms with E-state index >= 15 is 0 Å². The summed E-state index contributed by atoms with van der Waals surface area (Å²) in [6.07, 6.45) is 5.78.